The number of benzene rings is 8. The summed E-state index contributed by atoms with van der Waals surface area (Å²) in [6, 6.07) is 46.4. The Morgan fingerprint density at radius 3 is 1.17 bits per heavy atom. The van der Waals surface area contributed by atoms with Gasteiger partial charge in [0.25, 0.3) is 0 Å². The highest BCUT2D eigenvalue weighted by atomic mass is 19.4. The molecule has 0 unspecified atom stereocenters. The summed E-state index contributed by atoms with van der Waals surface area (Å²) in [5, 5.41) is 14.5. The first-order chi connectivity index (χ1) is 30.6. The lowest BCUT2D eigenvalue weighted by Gasteiger charge is -2.22. The van der Waals surface area contributed by atoms with Crippen LogP contribution in [0, 0.1) is 39.0 Å². The predicted octanol–water partition coefficient (Wildman–Crippen LogP) is 16.0. The number of hydrogen-bond acceptors (Lipinski definition) is 1. The summed E-state index contributed by atoms with van der Waals surface area (Å²) in [4.78, 5) is 0. The van der Waals surface area contributed by atoms with Gasteiger partial charge in [0.1, 0.15) is 11.6 Å². The van der Waals surface area contributed by atoms with Crippen molar-refractivity contribution < 1.29 is 26.3 Å². The van der Waals surface area contributed by atoms with Crippen molar-refractivity contribution in [2.24, 2.45) is 0 Å². The third kappa shape index (κ3) is 6.69. The smallest absolute Gasteiger partial charge is 0.308 e. The Bertz CT molecular complexity index is 3330. The van der Waals surface area contributed by atoms with Crippen molar-refractivity contribution in [3.05, 3.63) is 191 Å². The van der Waals surface area contributed by atoms with Gasteiger partial charge in [-0.1, -0.05) is 113 Å². The lowest BCUT2D eigenvalue weighted by atomic mass is 9.91. The molecule has 3 nitrogen and oxygen atoms in total. The minimum absolute atomic E-state index is 0.0591. The number of fused-ring (bicyclic) bond motifs is 6. The van der Waals surface area contributed by atoms with Crippen LogP contribution in [0.5, 0.6) is 0 Å². The molecule has 8 aromatic carbocycles. The molecule has 0 saturated carbocycles. The van der Waals surface area contributed by atoms with E-state index in [1.165, 1.54) is 12.1 Å². The highest BCUT2D eigenvalue weighted by Gasteiger charge is 2.41. The zero-order chi connectivity index (χ0) is 44.8. The molecule has 0 N–H and O–H groups in total. The van der Waals surface area contributed by atoms with Crippen molar-refractivity contribution in [2.45, 2.75) is 40.0 Å². The minimum Gasteiger partial charge on any atom is -0.308 e. The van der Waals surface area contributed by atoms with E-state index in [9.17, 15) is 5.26 Å². The van der Waals surface area contributed by atoms with Gasteiger partial charge in [-0.15, -0.1) is 0 Å². The molecule has 10 rings (SSSR count). The zero-order valence-electron chi connectivity index (χ0n) is 35.0. The first kappa shape index (κ1) is 40.5. The molecule has 0 atom stereocenters. The van der Waals surface area contributed by atoms with Crippen LogP contribution < -0.4 is 0 Å². The van der Waals surface area contributed by atoms with Gasteiger partial charge in [-0.25, -0.2) is 0 Å². The van der Waals surface area contributed by atoms with Crippen LogP contribution in [0.15, 0.2) is 152 Å². The van der Waals surface area contributed by atoms with E-state index in [-0.39, 0.29) is 22.5 Å². The molecular formula is C55H37F6N3. The van der Waals surface area contributed by atoms with E-state index in [4.69, 9.17) is 0 Å². The Balaban J connectivity index is 1.35. The molecule has 64 heavy (non-hydrogen) atoms. The van der Waals surface area contributed by atoms with E-state index in [0.29, 0.717) is 34.2 Å². The van der Waals surface area contributed by atoms with Gasteiger partial charge in [0.05, 0.1) is 44.6 Å². The average Bonchev–Trinajstić information content (AvgIpc) is 3.76. The van der Waals surface area contributed by atoms with Gasteiger partial charge in [0, 0.05) is 27.1 Å². The molecule has 0 fully saturated rings. The van der Waals surface area contributed by atoms with E-state index >= 15 is 26.3 Å². The maximum absolute atomic E-state index is 15.1. The summed E-state index contributed by atoms with van der Waals surface area (Å²) in [7, 11) is 0. The Labute approximate surface area is 364 Å². The van der Waals surface area contributed by atoms with Gasteiger partial charge in [0.15, 0.2) is 0 Å². The second kappa shape index (κ2) is 14.8. The molecule has 10 aromatic rings. The predicted molar refractivity (Wildman–Crippen MR) is 245 cm³/mol. The molecule has 0 aliphatic heterocycles. The number of nitriles is 1. The molecule has 0 spiro atoms. The third-order valence-corrected chi connectivity index (χ3v) is 12.1. The van der Waals surface area contributed by atoms with Gasteiger partial charge in [-0.2, -0.15) is 31.6 Å². The van der Waals surface area contributed by atoms with Crippen LogP contribution in [0.2, 0.25) is 0 Å². The second-order valence-electron chi connectivity index (χ2n) is 16.6. The number of halogens is 6. The number of hydrogen-bond donors (Lipinski definition) is 0. The van der Waals surface area contributed by atoms with E-state index in [1.54, 1.807) is 9.13 Å². The largest absolute Gasteiger partial charge is 0.417 e. The maximum atomic E-state index is 15.1. The highest BCUT2D eigenvalue weighted by Crippen LogP contribution is 2.48. The maximum Gasteiger partial charge on any atom is 0.417 e. The standard InChI is InChI=1S/C55H37F6N3/c1-31-20-32(2)23-37(22-31)35-16-18-49-42(26-35)40-10-5-7-14-47(40)63(49)51-28-39(53-45(54(56,57)58)12-9-13-46(53)55(59,60)61)29-52(44(51)30-62)64-48-15-8-6-11-41(48)43-27-36(17-19-50(43)64)38-24-33(3)21-34(4)25-38/h5-29H,1-4H3. The van der Waals surface area contributed by atoms with Crippen molar-refractivity contribution in [1.29, 1.82) is 5.26 Å². The van der Waals surface area contributed by atoms with E-state index in [1.807, 2.05) is 113 Å². The normalized spacial score (nSPS) is 12.2. The lowest BCUT2D eigenvalue weighted by Crippen LogP contribution is -2.15. The molecular weight excluding hydrogens is 817 g/mol. The highest BCUT2D eigenvalue weighted by molar-refractivity contribution is 6.12. The summed E-state index contributed by atoms with van der Waals surface area (Å²) in [6.45, 7) is 8.10. The summed E-state index contributed by atoms with van der Waals surface area (Å²) >= 11 is 0. The summed E-state index contributed by atoms with van der Waals surface area (Å²) in [6.07, 6.45) is -10.3. The van der Waals surface area contributed by atoms with E-state index < -0.39 is 29.0 Å². The third-order valence-electron chi connectivity index (χ3n) is 12.1. The molecule has 0 aliphatic carbocycles. The summed E-state index contributed by atoms with van der Waals surface area (Å²) in [5.74, 6) is 0. The van der Waals surface area contributed by atoms with Crippen LogP contribution in [0.25, 0.3) is 88.4 Å². The zero-order valence-corrected chi connectivity index (χ0v) is 35.0. The van der Waals surface area contributed by atoms with Crippen LogP contribution in [-0.4, -0.2) is 9.13 Å². The molecule has 0 amide bonds. The first-order valence-corrected chi connectivity index (χ1v) is 20.7. The molecule has 2 aromatic heterocycles. The molecule has 0 aliphatic rings. The Morgan fingerprint density at radius 2 is 0.781 bits per heavy atom. The lowest BCUT2D eigenvalue weighted by molar-refractivity contribution is -0.142. The van der Waals surface area contributed by atoms with Crippen molar-refractivity contribution in [3.63, 3.8) is 0 Å². The first-order valence-electron chi connectivity index (χ1n) is 20.7. The van der Waals surface area contributed by atoms with Crippen LogP contribution in [-0.2, 0) is 12.4 Å². The number of aromatic nitrogens is 2. The topological polar surface area (TPSA) is 33.6 Å². The van der Waals surface area contributed by atoms with Crippen molar-refractivity contribution >= 4 is 43.6 Å². The SMILES string of the molecule is Cc1cc(C)cc(-c2ccc3c(c2)c2ccccc2n3-c2cc(-c3c(C(F)(F)F)cccc3C(F)(F)F)cc(-n3c4ccccc4c4cc(-c5cc(C)cc(C)c5)ccc43)c2C#N)c1. The number of aryl methyl sites for hydroxylation is 4. The minimum atomic E-state index is -5.15. The van der Waals surface area contributed by atoms with Gasteiger partial charge >= 0.3 is 12.4 Å². The van der Waals surface area contributed by atoms with Gasteiger partial charge in [-0.3, -0.25) is 0 Å². The fraction of sp³-hybridized carbons (Fsp3) is 0.109. The Hall–Kier alpha value is -7.57. The second-order valence-corrected chi connectivity index (χ2v) is 16.6. The number of para-hydroxylation sites is 2. The summed E-state index contributed by atoms with van der Waals surface area (Å²) in [5.41, 5.74) is 6.74. The molecule has 0 radical (unpaired) electrons. The molecule has 314 valence electrons. The Kier molecular flexibility index (Phi) is 9.35. The molecule has 9 heteroatoms. The average molecular weight is 854 g/mol. The number of rotatable bonds is 5. The number of nitrogens with zero attached hydrogens (tertiary/aromatic N) is 3. The monoisotopic (exact) mass is 853 g/mol. The van der Waals surface area contributed by atoms with E-state index in [2.05, 4.69) is 42.5 Å². The van der Waals surface area contributed by atoms with Crippen LogP contribution in [0.4, 0.5) is 26.3 Å². The Morgan fingerprint density at radius 1 is 0.391 bits per heavy atom. The molecule has 2 heterocycles. The van der Waals surface area contributed by atoms with E-state index in [0.717, 1.165) is 72.1 Å². The fourth-order valence-electron chi connectivity index (χ4n) is 9.67. The quantitative estimate of drug-likeness (QED) is 0.159. The molecule has 0 bridgehead atoms. The summed E-state index contributed by atoms with van der Waals surface area (Å²) < 4.78 is 93.9. The molecule has 0 saturated heterocycles. The van der Waals surface area contributed by atoms with Crippen molar-refractivity contribution in [1.82, 2.24) is 9.13 Å². The van der Waals surface area contributed by atoms with Crippen LogP contribution in [0.3, 0.4) is 0 Å². The fourth-order valence-corrected chi connectivity index (χ4v) is 9.67. The van der Waals surface area contributed by atoms with Gasteiger partial charge in [-0.05, 0) is 116 Å². The van der Waals surface area contributed by atoms with Crippen molar-refractivity contribution in [2.75, 3.05) is 0 Å². The number of alkyl halides is 6. The van der Waals surface area contributed by atoms with Gasteiger partial charge < -0.3 is 9.13 Å². The van der Waals surface area contributed by atoms with Crippen molar-refractivity contribution in [3.8, 4) is 50.8 Å². The van der Waals surface area contributed by atoms with Crippen LogP contribution >= 0.6 is 0 Å². The van der Waals surface area contributed by atoms with Crippen LogP contribution in [0.1, 0.15) is 38.9 Å². The van der Waals surface area contributed by atoms with Gasteiger partial charge in [0.2, 0.25) is 0 Å².